The second kappa shape index (κ2) is 4.13. The van der Waals surface area contributed by atoms with Crippen LogP contribution in [0.4, 0.5) is 0 Å². The van der Waals surface area contributed by atoms with Crippen molar-refractivity contribution in [1.29, 1.82) is 0 Å². The number of benzene rings is 2. The van der Waals surface area contributed by atoms with E-state index in [-0.39, 0.29) is 5.41 Å². The summed E-state index contributed by atoms with van der Waals surface area (Å²) in [6.07, 6.45) is 0. The summed E-state index contributed by atoms with van der Waals surface area (Å²) in [7, 11) is 0. The highest BCUT2D eigenvalue weighted by Gasteiger charge is 2.17. The van der Waals surface area contributed by atoms with Crippen molar-refractivity contribution < 1.29 is 1.37 Å². The van der Waals surface area contributed by atoms with Crippen molar-refractivity contribution in [3.8, 4) is 11.1 Å². The van der Waals surface area contributed by atoms with Crippen LogP contribution in [0.2, 0.25) is 0 Å². The first-order chi connectivity index (χ1) is 8.00. The minimum Gasteiger partial charge on any atom is -0.0622 e. The van der Waals surface area contributed by atoms with Crippen molar-refractivity contribution in [3.05, 3.63) is 60.1 Å². The summed E-state index contributed by atoms with van der Waals surface area (Å²) in [6.45, 7) is 6.48. The molecule has 0 fully saturated rings. The summed E-state index contributed by atoms with van der Waals surface area (Å²) in [6, 6.07) is 16.9. The van der Waals surface area contributed by atoms with Crippen LogP contribution in [0.1, 0.15) is 27.7 Å². The molecule has 0 heteroatoms. The van der Waals surface area contributed by atoms with E-state index in [1.807, 2.05) is 30.3 Å². The summed E-state index contributed by atoms with van der Waals surface area (Å²) in [5, 5.41) is 0. The average molecular weight is 211 g/mol. The lowest BCUT2D eigenvalue weighted by Crippen LogP contribution is -2.12. The molecule has 2 aromatic rings. The molecule has 0 radical (unpaired) electrons. The molecule has 0 N–H and O–H groups in total. The molecular weight excluding hydrogens is 192 g/mol. The molecule has 0 aliphatic heterocycles. The molecule has 0 aliphatic carbocycles. The van der Waals surface area contributed by atoms with Crippen LogP contribution in [0.3, 0.4) is 0 Å². The Balaban J connectivity index is 2.67. The van der Waals surface area contributed by atoms with Crippen LogP contribution in [-0.4, -0.2) is 0 Å². The number of hydrogen-bond acceptors (Lipinski definition) is 0. The number of hydrogen-bond donors (Lipinski definition) is 0. The highest BCUT2D eigenvalue weighted by Crippen LogP contribution is 2.32. The molecule has 2 aromatic carbocycles. The molecule has 0 saturated carbocycles. The molecule has 0 saturated heterocycles. The van der Waals surface area contributed by atoms with E-state index in [0.717, 1.165) is 5.56 Å². The van der Waals surface area contributed by atoms with Crippen molar-refractivity contribution in [3.63, 3.8) is 0 Å². The predicted molar refractivity (Wildman–Crippen MR) is 70.6 cm³/mol. The first-order valence-corrected chi connectivity index (χ1v) is 5.65. The van der Waals surface area contributed by atoms with E-state index in [4.69, 9.17) is 1.37 Å². The Morgan fingerprint density at radius 2 is 1.50 bits per heavy atom. The van der Waals surface area contributed by atoms with Gasteiger partial charge in [0, 0.05) is 0 Å². The van der Waals surface area contributed by atoms with Gasteiger partial charge in [0.15, 0.2) is 0 Å². The van der Waals surface area contributed by atoms with E-state index < -0.39 is 0 Å². The SMILES string of the molecule is [2H]c1cccc(-c2ccccc2)c1C(C)(C)C. The Kier molecular flexibility index (Phi) is 2.49. The Morgan fingerprint density at radius 1 is 0.875 bits per heavy atom. The van der Waals surface area contributed by atoms with Crippen molar-refractivity contribution in [2.24, 2.45) is 0 Å². The molecule has 0 aliphatic rings. The highest BCUT2D eigenvalue weighted by atomic mass is 14.2. The van der Waals surface area contributed by atoms with Crippen LogP contribution in [0.15, 0.2) is 54.6 Å². The molecular formula is C16H18. The second-order valence-electron chi connectivity index (χ2n) is 5.07. The quantitative estimate of drug-likeness (QED) is 0.644. The zero-order valence-corrected chi connectivity index (χ0v) is 10.1. The van der Waals surface area contributed by atoms with Gasteiger partial charge in [-0.3, -0.25) is 0 Å². The van der Waals surface area contributed by atoms with Gasteiger partial charge >= 0.3 is 0 Å². The smallest absolute Gasteiger partial charge is 0.0622 e. The number of rotatable bonds is 1. The Labute approximate surface area is 99.4 Å². The molecule has 0 unspecified atom stereocenters. The van der Waals surface area contributed by atoms with Gasteiger partial charge < -0.3 is 0 Å². The summed E-state index contributed by atoms with van der Waals surface area (Å²) in [5.41, 5.74) is 3.46. The molecule has 0 nitrogen and oxygen atoms in total. The fourth-order valence-electron chi connectivity index (χ4n) is 1.92. The van der Waals surface area contributed by atoms with Crippen molar-refractivity contribution in [1.82, 2.24) is 0 Å². The van der Waals surface area contributed by atoms with E-state index >= 15 is 0 Å². The van der Waals surface area contributed by atoms with Crippen LogP contribution in [0, 0.1) is 0 Å². The van der Waals surface area contributed by atoms with Gasteiger partial charge in [-0.2, -0.15) is 0 Å². The summed E-state index contributed by atoms with van der Waals surface area (Å²) >= 11 is 0. The lowest BCUT2D eigenvalue weighted by molar-refractivity contribution is 0.592. The van der Waals surface area contributed by atoms with Crippen LogP contribution < -0.4 is 0 Å². The summed E-state index contributed by atoms with van der Waals surface area (Å²) < 4.78 is 8.12. The zero-order valence-electron chi connectivity index (χ0n) is 11.1. The Bertz CT molecular complexity index is 507. The maximum Gasteiger partial charge on any atom is 0.0626 e. The summed E-state index contributed by atoms with van der Waals surface area (Å²) in [5.74, 6) is 0. The largest absolute Gasteiger partial charge is 0.0626 e. The topological polar surface area (TPSA) is 0 Å². The second-order valence-corrected chi connectivity index (χ2v) is 5.07. The molecule has 2 rings (SSSR count). The fraction of sp³-hybridized carbons (Fsp3) is 0.250. The van der Waals surface area contributed by atoms with Gasteiger partial charge in [-0.25, -0.2) is 0 Å². The molecule has 0 atom stereocenters. The van der Waals surface area contributed by atoms with Crippen LogP contribution >= 0.6 is 0 Å². The van der Waals surface area contributed by atoms with Gasteiger partial charge in [-0.05, 0) is 22.1 Å². The van der Waals surface area contributed by atoms with Gasteiger partial charge in [0.05, 0.1) is 1.37 Å². The van der Waals surface area contributed by atoms with Gasteiger partial charge in [0.2, 0.25) is 0 Å². The first-order valence-electron chi connectivity index (χ1n) is 6.15. The van der Waals surface area contributed by atoms with E-state index in [1.165, 1.54) is 11.1 Å². The van der Waals surface area contributed by atoms with E-state index in [2.05, 4.69) is 39.0 Å². The third-order valence-electron chi connectivity index (χ3n) is 2.69. The Morgan fingerprint density at radius 3 is 2.12 bits per heavy atom. The Hall–Kier alpha value is -1.56. The minimum atomic E-state index is -0.0104. The van der Waals surface area contributed by atoms with E-state index in [9.17, 15) is 0 Å². The van der Waals surface area contributed by atoms with Crippen molar-refractivity contribution in [2.45, 2.75) is 26.2 Å². The average Bonchev–Trinajstić information content (AvgIpc) is 2.28. The van der Waals surface area contributed by atoms with Gasteiger partial charge in [0.1, 0.15) is 0 Å². The fourth-order valence-corrected chi connectivity index (χ4v) is 1.92. The van der Waals surface area contributed by atoms with Gasteiger partial charge in [-0.1, -0.05) is 75.3 Å². The summed E-state index contributed by atoms with van der Waals surface area (Å²) in [4.78, 5) is 0. The maximum atomic E-state index is 8.12. The molecule has 0 amide bonds. The zero-order chi connectivity index (χ0) is 12.5. The van der Waals surface area contributed by atoms with Crippen LogP contribution in [-0.2, 0) is 5.41 Å². The highest BCUT2D eigenvalue weighted by molar-refractivity contribution is 5.68. The predicted octanol–water partition coefficient (Wildman–Crippen LogP) is 4.65. The van der Waals surface area contributed by atoms with Gasteiger partial charge in [-0.15, -0.1) is 0 Å². The van der Waals surface area contributed by atoms with Crippen LogP contribution in [0.5, 0.6) is 0 Å². The van der Waals surface area contributed by atoms with E-state index in [0.29, 0.717) is 6.04 Å². The molecule has 0 aromatic heterocycles. The van der Waals surface area contributed by atoms with Crippen LogP contribution in [0.25, 0.3) is 11.1 Å². The standard InChI is InChI=1S/C16H18/c1-16(2,3)15-12-8-7-11-14(15)13-9-5-4-6-10-13/h4-12H,1-3H3/i12D. The lowest BCUT2D eigenvalue weighted by atomic mass is 9.82. The molecule has 0 bridgehead atoms. The third kappa shape index (κ3) is 2.16. The minimum absolute atomic E-state index is 0.0104. The van der Waals surface area contributed by atoms with Crippen molar-refractivity contribution in [2.75, 3.05) is 0 Å². The maximum absolute atomic E-state index is 8.12. The first kappa shape index (κ1) is 9.65. The third-order valence-corrected chi connectivity index (χ3v) is 2.69. The molecule has 0 spiro atoms. The van der Waals surface area contributed by atoms with Crippen molar-refractivity contribution >= 4 is 0 Å². The molecule has 82 valence electrons. The molecule has 16 heavy (non-hydrogen) atoms. The lowest BCUT2D eigenvalue weighted by Gasteiger charge is -2.23. The monoisotopic (exact) mass is 211 g/mol. The normalized spacial score (nSPS) is 12.3. The molecule has 0 heterocycles. The van der Waals surface area contributed by atoms with E-state index in [1.54, 1.807) is 0 Å². The van der Waals surface area contributed by atoms with Gasteiger partial charge in [0.25, 0.3) is 0 Å².